The summed E-state index contributed by atoms with van der Waals surface area (Å²) in [6, 6.07) is 0. The number of hydrogen-bond donors (Lipinski definition) is 0. The highest BCUT2D eigenvalue weighted by atomic mass is 16.1. The lowest BCUT2D eigenvalue weighted by Crippen LogP contribution is -2.22. The fourth-order valence-electron chi connectivity index (χ4n) is 2.16. The van der Waals surface area contributed by atoms with Crippen molar-refractivity contribution in [3.8, 4) is 0 Å². The summed E-state index contributed by atoms with van der Waals surface area (Å²) in [5.74, 6) is 0.756. The molecule has 0 N–H and O–H groups in total. The number of aldehydes is 1. The van der Waals surface area contributed by atoms with Gasteiger partial charge in [-0.2, -0.15) is 0 Å². The van der Waals surface area contributed by atoms with Crippen LogP contribution in [-0.4, -0.2) is 6.29 Å². The smallest absolute Gasteiger partial charge is 0.129 e. The third-order valence-corrected chi connectivity index (χ3v) is 3.12. The van der Waals surface area contributed by atoms with Crippen LogP contribution in [0.5, 0.6) is 0 Å². The molecule has 0 saturated carbocycles. The van der Waals surface area contributed by atoms with E-state index in [4.69, 9.17) is 0 Å². The molecule has 0 spiro atoms. The van der Waals surface area contributed by atoms with Gasteiger partial charge in [-0.15, -0.1) is 0 Å². The van der Waals surface area contributed by atoms with Crippen molar-refractivity contribution in [1.29, 1.82) is 0 Å². The molecule has 1 unspecified atom stereocenters. The first-order valence-corrected chi connectivity index (χ1v) is 5.82. The molecule has 80 valence electrons. The molecule has 1 atom stereocenters. The largest absolute Gasteiger partial charge is 0.302 e. The van der Waals surface area contributed by atoms with Gasteiger partial charge in [-0.05, 0) is 31.6 Å². The third kappa shape index (κ3) is 3.28. The van der Waals surface area contributed by atoms with Gasteiger partial charge in [0.15, 0.2) is 0 Å². The van der Waals surface area contributed by atoms with Crippen molar-refractivity contribution >= 4 is 6.29 Å². The van der Waals surface area contributed by atoms with E-state index in [1.165, 1.54) is 25.5 Å². The number of carbonyl (C=O) groups is 1. The Morgan fingerprint density at radius 2 is 2.29 bits per heavy atom. The van der Waals surface area contributed by atoms with Gasteiger partial charge in [0.25, 0.3) is 0 Å². The second-order valence-electron chi connectivity index (χ2n) is 4.93. The molecule has 0 aromatic heterocycles. The van der Waals surface area contributed by atoms with Crippen LogP contribution in [-0.2, 0) is 4.79 Å². The van der Waals surface area contributed by atoms with E-state index in [0.29, 0.717) is 0 Å². The molecule has 0 heterocycles. The average molecular weight is 194 g/mol. The van der Waals surface area contributed by atoms with Gasteiger partial charge < -0.3 is 4.79 Å². The molecule has 0 aliphatic heterocycles. The van der Waals surface area contributed by atoms with Gasteiger partial charge in [0.1, 0.15) is 6.29 Å². The van der Waals surface area contributed by atoms with Crippen LogP contribution in [0.4, 0.5) is 0 Å². The lowest BCUT2D eigenvalue weighted by atomic mass is 9.76. The predicted molar refractivity (Wildman–Crippen MR) is 60.2 cm³/mol. The van der Waals surface area contributed by atoms with Gasteiger partial charge >= 0.3 is 0 Å². The van der Waals surface area contributed by atoms with Gasteiger partial charge in [-0.1, -0.05) is 38.8 Å². The zero-order chi connectivity index (χ0) is 10.4. The topological polar surface area (TPSA) is 17.1 Å². The summed E-state index contributed by atoms with van der Waals surface area (Å²) in [7, 11) is 0. The third-order valence-electron chi connectivity index (χ3n) is 3.12. The maximum Gasteiger partial charge on any atom is 0.129 e. The SMILES string of the molecule is CC(C)CCCC1(C=O)C=CCCC1. The Hall–Kier alpha value is -0.590. The molecule has 1 heteroatoms. The molecule has 1 rings (SSSR count). The van der Waals surface area contributed by atoms with Crippen LogP contribution in [0.2, 0.25) is 0 Å². The van der Waals surface area contributed by atoms with E-state index in [1.807, 2.05) is 0 Å². The fraction of sp³-hybridized carbons (Fsp3) is 0.769. The molecule has 0 aromatic rings. The maximum absolute atomic E-state index is 11.1. The lowest BCUT2D eigenvalue weighted by molar-refractivity contribution is -0.114. The van der Waals surface area contributed by atoms with E-state index in [-0.39, 0.29) is 5.41 Å². The van der Waals surface area contributed by atoms with E-state index < -0.39 is 0 Å². The highest BCUT2D eigenvalue weighted by Crippen LogP contribution is 2.34. The first-order chi connectivity index (χ1) is 6.68. The Balaban J connectivity index is 2.41. The minimum atomic E-state index is -0.104. The quantitative estimate of drug-likeness (QED) is 0.481. The molecule has 0 aromatic carbocycles. The Bertz CT molecular complexity index is 205. The zero-order valence-corrected chi connectivity index (χ0v) is 9.46. The normalized spacial score (nSPS) is 26.8. The molecule has 0 radical (unpaired) electrons. The zero-order valence-electron chi connectivity index (χ0n) is 9.46. The Morgan fingerprint density at radius 1 is 1.50 bits per heavy atom. The maximum atomic E-state index is 11.1. The number of carbonyl (C=O) groups excluding carboxylic acids is 1. The van der Waals surface area contributed by atoms with E-state index in [0.717, 1.165) is 25.2 Å². The van der Waals surface area contributed by atoms with E-state index in [1.54, 1.807) is 0 Å². The predicted octanol–water partition coefficient (Wildman–Crippen LogP) is 3.74. The molecule has 14 heavy (non-hydrogen) atoms. The van der Waals surface area contributed by atoms with Crippen LogP contribution in [0.1, 0.15) is 52.4 Å². The van der Waals surface area contributed by atoms with Crippen LogP contribution < -0.4 is 0 Å². The molecule has 1 aliphatic carbocycles. The minimum absolute atomic E-state index is 0.104. The van der Waals surface area contributed by atoms with E-state index in [9.17, 15) is 4.79 Å². The van der Waals surface area contributed by atoms with E-state index in [2.05, 4.69) is 26.0 Å². The Morgan fingerprint density at radius 3 is 2.79 bits per heavy atom. The monoisotopic (exact) mass is 194 g/mol. The van der Waals surface area contributed by atoms with Crippen LogP contribution in [0.3, 0.4) is 0 Å². The van der Waals surface area contributed by atoms with Crippen molar-refractivity contribution in [1.82, 2.24) is 0 Å². The molecular weight excluding hydrogens is 172 g/mol. The van der Waals surface area contributed by atoms with Gasteiger partial charge in [0.2, 0.25) is 0 Å². The summed E-state index contributed by atoms with van der Waals surface area (Å²) in [4.78, 5) is 11.1. The number of allylic oxidation sites excluding steroid dienone is 2. The molecule has 1 nitrogen and oxygen atoms in total. The van der Waals surface area contributed by atoms with Gasteiger partial charge in [-0.3, -0.25) is 0 Å². The lowest BCUT2D eigenvalue weighted by Gasteiger charge is -2.27. The molecule has 0 fully saturated rings. The molecular formula is C13H22O. The van der Waals surface area contributed by atoms with Gasteiger partial charge in [-0.25, -0.2) is 0 Å². The molecule has 1 aliphatic rings. The Kier molecular flexibility index (Phi) is 4.37. The summed E-state index contributed by atoms with van der Waals surface area (Å²) in [6.07, 6.45) is 12.3. The van der Waals surface area contributed by atoms with Gasteiger partial charge in [0.05, 0.1) is 0 Å². The van der Waals surface area contributed by atoms with Crippen molar-refractivity contribution in [2.24, 2.45) is 11.3 Å². The molecule has 0 saturated heterocycles. The molecule has 0 bridgehead atoms. The second-order valence-corrected chi connectivity index (χ2v) is 4.93. The van der Waals surface area contributed by atoms with Crippen LogP contribution in [0, 0.1) is 11.3 Å². The first-order valence-electron chi connectivity index (χ1n) is 5.82. The minimum Gasteiger partial charge on any atom is -0.302 e. The average Bonchev–Trinajstić information content (AvgIpc) is 2.19. The van der Waals surface area contributed by atoms with Crippen molar-refractivity contribution in [2.45, 2.75) is 52.4 Å². The van der Waals surface area contributed by atoms with Crippen LogP contribution in [0.15, 0.2) is 12.2 Å². The van der Waals surface area contributed by atoms with Crippen molar-refractivity contribution in [2.75, 3.05) is 0 Å². The van der Waals surface area contributed by atoms with Crippen LogP contribution >= 0.6 is 0 Å². The summed E-state index contributed by atoms with van der Waals surface area (Å²) in [5.41, 5.74) is -0.104. The summed E-state index contributed by atoms with van der Waals surface area (Å²) in [6.45, 7) is 4.48. The number of hydrogen-bond acceptors (Lipinski definition) is 1. The summed E-state index contributed by atoms with van der Waals surface area (Å²) in [5, 5.41) is 0. The van der Waals surface area contributed by atoms with Crippen molar-refractivity contribution < 1.29 is 4.79 Å². The molecule has 0 amide bonds. The van der Waals surface area contributed by atoms with E-state index >= 15 is 0 Å². The summed E-state index contributed by atoms with van der Waals surface area (Å²) >= 11 is 0. The number of rotatable bonds is 5. The second kappa shape index (κ2) is 5.33. The van der Waals surface area contributed by atoms with Crippen molar-refractivity contribution in [3.63, 3.8) is 0 Å². The summed E-state index contributed by atoms with van der Waals surface area (Å²) < 4.78 is 0. The fourth-order valence-corrected chi connectivity index (χ4v) is 2.16. The standard InChI is InChI=1S/C13H22O/c1-12(2)7-6-10-13(11-14)8-4-3-5-9-13/h4,8,11-12H,3,5-7,9-10H2,1-2H3. The Labute approximate surface area is 87.6 Å². The van der Waals surface area contributed by atoms with Crippen molar-refractivity contribution in [3.05, 3.63) is 12.2 Å². The van der Waals surface area contributed by atoms with Gasteiger partial charge in [0, 0.05) is 5.41 Å². The van der Waals surface area contributed by atoms with Crippen LogP contribution in [0.25, 0.3) is 0 Å². The first kappa shape index (κ1) is 11.5. The highest BCUT2D eigenvalue weighted by Gasteiger charge is 2.27. The highest BCUT2D eigenvalue weighted by molar-refractivity contribution is 5.63.